The molecule has 0 aliphatic carbocycles. The van der Waals surface area contributed by atoms with Gasteiger partial charge in [-0.25, -0.2) is 0 Å². The molecule has 0 saturated heterocycles. The van der Waals surface area contributed by atoms with Crippen molar-refractivity contribution in [3.05, 3.63) is 60.6 Å². The number of pyridine rings is 1. The Morgan fingerprint density at radius 2 is 2.00 bits per heavy atom. The van der Waals surface area contributed by atoms with Crippen LogP contribution in [0.1, 0.15) is 5.56 Å². The van der Waals surface area contributed by atoms with Crippen LogP contribution < -0.4 is 5.43 Å². The zero-order chi connectivity index (χ0) is 11.7. The average Bonchev–Trinajstić information content (AvgIpc) is 2.76. The minimum Gasteiger partial charge on any atom is -0.294 e. The van der Waals surface area contributed by atoms with Crippen LogP contribution in [0.25, 0.3) is 10.9 Å². The fourth-order valence-corrected chi connectivity index (χ4v) is 1.91. The van der Waals surface area contributed by atoms with Crippen molar-refractivity contribution in [1.29, 1.82) is 0 Å². The molecule has 0 saturated carbocycles. The fourth-order valence-electron chi connectivity index (χ4n) is 1.91. The number of nitrogens with one attached hydrogen (secondary N) is 1. The lowest BCUT2D eigenvalue weighted by molar-refractivity contribution is 1.00. The molecule has 0 aliphatic rings. The third-order valence-electron chi connectivity index (χ3n) is 2.86. The molecule has 0 fully saturated rings. The van der Waals surface area contributed by atoms with Crippen molar-refractivity contribution in [2.75, 3.05) is 5.43 Å². The Bertz CT molecular complexity index is 655. The summed E-state index contributed by atoms with van der Waals surface area (Å²) in [5.41, 5.74) is 6.74. The molecule has 3 rings (SSSR count). The van der Waals surface area contributed by atoms with Crippen molar-refractivity contribution in [2.24, 2.45) is 0 Å². The molecule has 3 nitrogen and oxygen atoms in total. The zero-order valence-electron chi connectivity index (χ0n) is 9.59. The summed E-state index contributed by atoms with van der Waals surface area (Å²) >= 11 is 0. The number of para-hydroxylation sites is 1. The molecule has 0 amide bonds. The van der Waals surface area contributed by atoms with Crippen LogP contribution >= 0.6 is 0 Å². The zero-order valence-corrected chi connectivity index (χ0v) is 9.59. The highest BCUT2D eigenvalue weighted by atomic mass is 15.4. The van der Waals surface area contributed by atoms with E-state index in [9.17, 15) is 0 Å². The molecule has 0 bridgehead atoms. The summed E-state index contributed by atoms with van der Waals surface area (Å²) in [6.07, 6.45) is 5.68. The second kappa shape index (κ2) is 3.94. The van der Waals surface area contributed by atoms with Crippen LogP contribution in [-0.4, -0.2) is 9.66 Å². The molecular weight excluding hydrogens is 210 g/mol. The van der Waals surface area contributed by atoms with Gasteiger partial charge in [0.2, 0.25) is 0 Å². The predicted molar refractivity (Wildman–Crippen MR) is 69.9 cm³/mol. The maximum atomic E-state index is 4.09. The highest BCUT2D eigenvalue weighted by Crippen LogP contribution is 2.17. The topological polar surface area (TPSA) is 29.9 Å². The molecule has 17 heavy (non-hydrogen) atoms. The first kappa shape index (κ1) is 9.90. The van der Waals surface area contributed by atoms with Crippen molar-refractivity contribution in [3.63, 3.8) is 0 Å². The summed E-state index contributed by atoms with van der Waals surface area (Å²) < 4.78 is 2.03. The molecular formula is C14H13N3. The highest BCUT2D eigenvalue weighted by Gasteiger charge is 2.01. The molecule has 2 heterocycles. The van der Waals surface area contributed by atoms with Gasteiger partial charge >= 0.3 is 0 Å². The van der Waals surface area contributed by atoms with Gasteiger partial charge in [-0.1, -0.05) is 18.2 Å². The Hall–Kier alpha value is -2.29. The number of benzene rings is 1. The highest BCUT2D eigenvalue weighted by molar-refractivity contribution is 5.80. The van der Waals surface area contributed by atoms with E-state index < -0.39 is 0 Å². The molecule has 1 N–H and O–H groups in total. The van der Waals surface area contributed by atoms with Gasteiger partial charge in [0.15, 0.2) is 0 Å². The summed E-state index contributed by atoms with van der Waals surface area (Å²) in [7, 11) is 0. The molecule has 3 heteroatoms. The van der Waals surface area contributed by atoms with Crippen molar-refractivity contribution in [3.8, 4) is 0 Å². The Balaban J connectivity index is 2.03. The predicted octanol–water partition coefficient (Wildman–Crippen LogP) is 3.22. The first-order valence-electron chi connectivity index (χ1n) is 5.58. The lowest BCUT2D eigenvalue weighted by atomic mass is 10.2. The molecule has 0 unspecified atom stereocenters. The van der Waals surface area contributed by atoms with Crippen molar-refractivity contribution in [1.82, 2.24) is 9.66 Å². The Morgan fingerprint density at radius 1 is 1.12 bits per heavy atom. The Kier molecular flexibility index (Phi) is 2.29. The summed E-state index contributed by atoms with van der Waals surface area (Å²) in [4.78, 5) is 4.09. The van der Waals surface area contributed by atoms with Gasteiger partial charge < -0.3 is 0 Å². The van der Waals surface area contributed by atoms with Gasteiger partial charge in [-0.2, -0.15) is 0 Å². The van der Waals surface area contributed by atoms with Gasteiger partial charge in [0.05, 0.1) is 11.2 Å². The SMILES string of the molecule is Cc1cnccc1Nn1ccc2ccccc21. The Morgan fingerprint density at radius 3 is 2.88 bits per heavy atom. The van der Waals surface area contributed by atoms with E-state index in [1.165, 1.54) is 10.9 Å². The lowest BCUT2D eigenvalue weighted by Crippen LogP contribution is -2.08. The van der Waals surface area contributed by atoms with Crippen molar-refractivity contribution >= 4 is 16.6 Å². The van der Waals surface area contributed by atoms with Crippen LogP contribution in [0.3, 0.4) is 0 Å². The molecule has 0 spiro atoms. The van der Waals surface area contributed by atoms with Crippen LogP contribution in [0, 0.1) is 6.92 Å². The van der Waals surface area contributed by atoms with E-state index in [0.717, 1.165) is 11.3 Å². The number of hydrogen-bond donors (Lipinski definition) is 1. The van der Waals surface area contributed by atoms with E-state index in [1.54, 1.807) is 6.20 Å². The summed E-state index contributed by atoms with van der Waals surface area (Å²) in [5, 5.41) is 1.23. The number of rotatable bonds is 2. The number of aromatic nitrogens is 2. The monoisotopic (exact) mass is 223 g/mol. The van der Waals surface area contributed by atoms with Crippen molar-refractivity contribution < 1.29 is 0 Å². The molecule has 3 aromatic rings. The number of fused-ring (bicyclic) bond motifs is 1. The van der Waals surface area contributed by atoms with Gasteiger partial charge in [0.25, 0.3) is 0 Å². The lowest BCUT2D eigenvalue weighted by Gasteiger charge is -2.11. The third kappa shape index (κ3) is 1.76. The Labute approximate surface area is 99.7 Å². The second-order valence-corrected chi connectivity index (χ2v) is 4.05. The summed E-state index contributed by atoms with van der Waals surface area (Å²) in [5.74, 6) is 0. The fraction of sp³-hybridized carbons (Fsp3) is 0.0714. The van der Waals surface area contributed by atoms with E-state index in [-0.39, 0.29) is 0 Å². The van der Waals surface area contributed by atoms with Crippen LogP contribution in [0.2, 0.25) is 0 Å². The first-order chi connectivity index (χ1) is 8.34. The molecule has 1 aromatic carbocycles. The largest absolute Gasteiger partial charge is 0.294 e. The maximum absolute atomic E-state index is 4.09. The smallest absolute Gasteiger partial charge is 0.0696 e. The van der Waals surface area contributed by atoms with Gasteiger partial charge in [-0.15, -0.1) is 0 Å². The molecule has 0 radical (unpaired) electrons. The van der Waals surface area contributed by atoms with Gasteiger partial charge in [-0.05, 0) is 30.7 Å². The maximum Gasteiger partial charge on any atom is 0.0696 e. The standard InChI is InChI=1S/C14H13N3/c1-11-10-15-8-6-13(11)16-17-9-7-12-4-2-3-5-14(12)17/h2-10H,1H3,(H,15,16). The third-order valence-corrected chi connectivity index (χ3v) is 2.86. The molecule has 84 valence electrons. The first-order valence-corrected chi connectivity index (χ1v) is 5.58. The summed E-state index contributed by atoms with van der Waals surface area (Å²) in [6.45, 7) is 2.04. The van der Waals surface area contributed by atoms with Gasteiger partial charge in [0.1, 0.15) is 0 Å². The van der Waals surface area contributed by atoms with Crippen LogP contribution in [0.15, 0.2) is 55.0 Å². The van der Waals surface area contributed by atoms with Crippen molar-refractivity contribution in [2.45, 2.75) is 6.92 Å². The van der Waals surface area contributed by atoms with E-state index in [0.29, 0.717) is 0 Å². The van der Waals surface area contributed by atoms with Gasteiger partial charge in [0, 0.05) is 24.0 Å². The van der Waals surface area contributed by atoms with E-state index >= 15 is 0 Å². The second-order valence-electron chi connectivity index (χ2n) is 4.05. The number of hydrogen-bond acceptors (Lipinski definition) is 2. The minimum absolute atomic E-state index is 1.07. The quantitative estimate of drug-likeness (QED) is 0.723. The number of anilines is 1. The minimum atomic E-state index is 1.07. The van der Waals surface area contributed by atoms with E-state index in [4.69, 9.17) is 0 Å². The number of nitrogens with zero attached hydrogens (tertiary/aromatic N) is 2. The van der Waals surface area contributed by atoms with E-state index in [2.05, 4.69) is 28.6 Å². The molecule has 0 atom stereocenters. The van der Waals surface area contributed by atoms with Crippen LogP contribution in [0.5, 0.6) is 0 Å². The van der Waals surface area contributed by atoms with Crippen LogP contribution in [0.4, 0.5) is 5.69 Å². The molecule has 2 aromatic heterocycles. The summed E-state index contributed by atoms with van der Waals surface area (Å²) in [6, 6.07) is 12.4. The number of aryl methyl sites for hydroxylation is 1. The molecule has 0 aliphatic heterocycles. The normalized spacial score (nSPS) is 10.6. The van der Waals surface area contributed by atoms with Crippen LogP contribution in [-0.2, 0) is 0 Å². The van der Waals surface area contributed by atoms with Gasteiger partial charge in [-0.3, -0.25) is 15.1 Å². The average molecular weight is 223 g/mol. The van der Waals surface area contributed by atoms with E-state index in [1.807, 2.05) is 42.2 Å².